The summed E-state index contributed by atoms with van der Waals surface area (Å²) in [5, 5.41) is 5.43. The van der Waals surface area contributed by atoms with Gasteiger partial charge in [-0.15, -0.1) is 0 Å². The summed E-state index contributed by atoms with van der Waals surface area (Å²) in [6, 6.07) is 10.8. The first-order valence-electron chi connectivity index (χ1n) is 6.34. The van der Waals surface area contributed by atoms with Gasteiger partial charge in [0.25, 0.3) is 5.91 Å². The van der Waals surface area contributed by atoms with Gasteiger partial charge < -0.3 is 15.1 Å². The SMILES string of the molecule is Cc1ccccc1NC(=O)CCNC(=O)c1ccco1. The highest BCUT2D eigenvalue weighted by molar-refractivity contribution is 5.93. The lowest BCUT2D eigenvalue weighted by Crippen LogP contribution is -2.27. The maximum atomic E-state index is 11.7. The second-order valence-electron chi connectivity index (χ2n) is 4.35. The molecule has 2 rings (SSSR count). The zero-order chi connectivity index (χ0) is 14.4. The highest BCUT2D eigenvalue weighted by Crippen LogP contribution is 2.13. The van der Waals surface area contributed by atoms with E-state index in [4.69, 9.17) is 4.42 Å². The van der Waals surface area contributed by atoms with Crippen LogP contribution in [0.3, 0.4) is 0 Å². The van der Waals surface area contributed by atoms with Crippen LogP contribution >= 0.6 is 0 Å². The predicted octanol–water partition coefficient (Wildman–Crippen LogP) is 2.35. The van der Waals surface area contributed by atoms with E-state index in [0.717, 1.165) is 11.3 Å². The molecule has 2 aromatic rings. The molecule has 5 nitrogen and oxygen atoms in total. The van der Waals surface area contributed by atoms with Gasteiger partial charge in [-0.1, -0.05) is 18.2 Å². The molecule has 1 aromatic carbocycles. The number of aryl methyl sites for hydroxylation is 1. The quantitative estimate of drug-likeness (QED) is 0.877. The molecule has 2 N–H and O–H groups in total. The summed E-state index contributed by atoms with van der Waals surface area (Å²) in [5.74, 6) is -0.220. The zero-order valence-corrected chi connectivity index (χ0v) is 11.2. The molecular weight excluding hydrogens is 256 g/mol. The lowest BCUT2D eigenvalue weighted by atomic mass is 10.2. The second-order valence-corrected chi connectivity index (χ2v) is 4.35. The van der Waals surface area contributed by atoms with Crippen molar-refractivity contribution < 1.29 is 14.0 Å². The van der Waals surface area contributed by atoms with Crippen LogP contribution in [0, 0.1) is 6.92 Å². The number of para-hydroxylation sites is 1. The Balaban J connectivity index is 1.76. The van der Waals surface area contributed by atoms with Crippen molar-refractivity contribution in [3.63, 3.8) is 0 Å². The van der Waals surface area contributed by atoms with Crippen LogP contribution in [0.4, 0.5) is 5.69 Å². The molecule has 1 heterocycles. The van der Waals surface area contributed by atoms with Crippen LogP contribution in [0.1, 0.15) is 22.5 Å². The number of anilines is 1. The first-order valence-corrected chi connectivity index (χ1v) is 6.34. The zero-order valence-electron chi connectivity index (χ0n) is 11.2. The number of hydrogen-bond donors (Lipinski definition) is 2. The molecule has 2 amide bonds. The molecule has 0 atom stereocenters. The van der Waals surface area contributed by atoms with Crippen LogP contribution in [0.15, 0.2) is 47.1 Å². The topological polar surface area (TPSA) is 71.3 Å². The van der Waals surface area contributed by atoms with Crippen molar-refractivity contribution in [1.82, 2.24) is 5.32 Å². The minimum Gasteiger partial charge on any atom is -0.459 e. The van der Waals surface area contributed by atoms with Crippen LogP contribution in [-0.4, -0.2) is 18.4 Å². The Bertz CT molecular complexity index is 591. The van der Waals surface area contributed by atoms with Crippen LogP contribution < -0.4 is 10.6 Å². The first kappa shape index (κ1) is 13.9. The molecule has 0 fully saturated rings. The van der Waals surface area contributed by atoms with Gasteiger partial charge in [0.15, 0.2) is 5.76 Å². The monoisotopic (exact) mass is 272 g/mol. The Hall–Kier alpha value is -2.56. The minimum atomic E-state index is -0.321. The van der Waals surface area contributed by atoms with E-state index in [2.05, 4.69) is 10.6 Å². The summed E-state index contributed by atoms with van der Waals surface area (Å²) >= 11 is 0. The molecule has 0 saturated carbocycles. The summed E-state index contributed by atoms with van der Waals surface area (Å²) < 4.78 is 4.95. The molecular formula is C15H16N2O3. The summed E-state index contributed by atoms with van der Waals surface area (Å²) in [5.41, 5.74) is 1.79. The average molecular weight is 272 g/mol. The third-order valence-electron chi connectivity index (χ3n) is 2.80. The standard InChI is InChI=1S/C15H16N2O3/c1-11-5-2-3-6-12(11)17-14(18)8-9-16-15(19)13-7-4-10-20-13/h2-7,10H,8-9H2,1H3,(H,16,19)(H,17,18). The van der Waals surface area contributed by atoms with E-state index in [1.807, 2.05) is 31.2 Å². The third-order valence-corrected chi connectivity index (χ3v) is 2.80. The molecule has 104 valence electrons. The number of carbonyl (C=O) groups excluding carboxylic acids is 2. The van der Waals surface area contributed by atoms with Gasteiger partial charge in [0.05, 0.1) is 6.26 Å². The van der Waals surface area contributed by atoms with Gasteiger partial charge in [0.2, 0.25) is 5.91 Å². The molecule has 0 radical (unpaired) electrons. The van der Waals surface area contributed by atoms with Gasteiger partial charge in [-0.25, -0.2) is 0 Å². The fourth-order valence-electron chi connectivity index (χ4n) is 1.71. The Morgan fingerprint density at radius 2 is 1.95 bits per heavy atom. The van der Waals surface area contributed by atoms with Crippen molar-refractivity contribution in [2.24, 2.45) is 0 Å². The smallest absolute Gasteiger partial charge is 0.286 e. The number of carbonyl (C=O) groups is 2. The lowest BCUT2D eigenvalue weighted by molar-refractivity contribution is -0.116. The summed E-state index contributed by atoms with van der Waals surface area (Å²) in [7, 11) is 0. The molecule has 0 unspecified atom stereocenters. The summed E-state index contributed by atoms with van der Waals surface area (Å²) in [6.45, 7) is 2.19. The van der Waals surface area contributed by atoms with Crippen molar-refractivity contribution in [2.45, 2.75) is 13.3 Å². The van der Waals surface area contributed by atoms with Crippen LogP contribution in [0.2, 0.25) is 0 Å². The Morgan fingerprint density at radius 3 is 2.65 bits per heavy atom. The second kappa shape index (κ2) is 6.56. The number of hydrogen-bond acceptors (Lipinski definition) is 3. The number of amides is 2. The fourth-order valence-corrected chi connectivity index (χ4v) is 1.71. The summed E-state index contributed by atoms with van der Waals surface area (Å²) in [4.78, 5) is 23.3. The van der Waals surface area contributed by atoms with Gasteiger partial charge in [-0.3, -0.25) is 9.59 Å². The largest absolute Gasteiger partial charge is 0.459 e. The van der Waals surface area contributed by atoms with E-state index in [0.29, 0.717) is 0 Å². The Kier molecular flexibility index (Phi) is 4.55. The van der Waals surface area contributed by atoms with Gasteiger partial charge in [0.1, 0.15) is 0 Å². The highest BCUT2D eigenvalue weighted by Gasteiger charge is 2.09. The minimum absolute atomic E-state index is 0.140. The van der Waals surface area contributed by atoms with Crippen LogP contribution in [-0.2, 0) is 4.79 Å². The maximum Gasteiger partial charge on any atom is 0.286 e. The third kappa shape index (κ3) is 3.71. The fraction of sp³-hybridized carbons (Fsp3) is 0.200. The molecule has 0 bridgehead atoms. The van der Waals surface area contributed by atoms with E-state index < -0.39 is 0 Å². The van der Waals surface area contributed by atoms with Crippen molar-refractivity contribution in [3.8, 4) is 0 Å². The number of nitrogens with one attached hydrogen (secondary N) is 2. The van der Waals surface area contributed by atoms with E-state index in [9.17, 15) is 9.59 Å². The molecule has 0 spiro atoms. The van der Waals surface area contributed by atoms with Crippen molar-refractivity contribution in [1.29, 1.82) is 0 Å². The van der Waals surface area contributed by atoms with Crippen molar-refractivity contribution in [2.75, 3.05) is 11.9 Å². The van der Waals surface area contributed by atoms with Gasteiger partial charge in [-0.2, -0.15) is 0 Å². The highest BCUT2D eigenvalue weighted by atomic mass is 16.3. The Labute approximate surface area is 117 Å². The number of rotatable bonds is 5. The normalized spacial score (nSPS) is 10.1. The van der Waals surface area contributed by atoms with Gasteiger partial charge >= 0.3 is 0 Å². The van der Waals surface area contributed by atoms with E-state index >= 15 is 0 Å². The van der Waals surface area contributed by atoms with Crippen LogP contribution in [0.25, 0.3) is 0 Å². The van der Waals surface area contributed by atoms with E-state index in [1.54, 1.807) is 12.1 Å². The van der Waals surface area contributed by atoms with Crippen LogP contribution in [0.5, 0.6) is 0 Å². The van der Waals surface area contributed by atoms with Crippen molar-refractivity contribution >= 4 is 17.5 Å². The van der Waals surface area contributed by atoms with E-state index in [-0.39, 0.29) is 30.5 Å². The average Bonchev–Trinajstić information content (AvgIpc) is 2.95. The molecule has 1 aromatic heterocycles. The number of benzene rings is 1. The predicted molar refractivity (Wildman–Crippen MR) is 75.5 cm³/mol. The molecule has 0 aliphatic carbocycles. The van der Waals surface area contributed by atoms with Crippen molar-refractivity contribution in [3.05, 3.63) is 54.0 Å². The number of furan rings is 1. The van der Waals surface area contributed by atoms with Gasteiger partial charge in [0, 0.05) is 18.7 Å². The summed E-state index contributed by atoms with van der Waals surface area (Å²) in [6.07, 6.45) is 1.64. The maximum absolute atomic E-state index is 11.7. The molecule has 20 heavy (non-hydrogen) atoms. The van der Waals surface area contributed by atoms with Gasteiger partial charge in [-0.05, 0) is 30.7 Å². The Morgan fingerprint density at radius 1 is 1.15 bits per heavy atom. The molecule has 0 aliphatic heterocycles. The first-order chi connectivity index (χ1) is 9.66. The molecule has 0 aliphatic rings. The van der Waals surface area contributed by atoms with E-state index in [1.165, 1.54) is 6.26 Å². The molecule has 0 saturated heterocycles. The molecule has 5 heteroatoms. The lowest BCUT2D eigenvalue weighted by Gasteiger charge is -2.08.